The van der Waals surface area contributed by atoms with Crippen molar-refractivity contribution in [2.45, 2.75) is 71.6 Å². The molecule has 0 unspecified atom stereocenters. The van der Waals surface area contributed by atoms with Crippen LogP contribution in [0.1, 0.15) is 73.1 Å². The van der Waals surface area contributed by atoms with E-state index in [9.17, 15) is 9.59 Å². The van der Waals surface area contributed by atoms with Crippen LogP contribution in [0.2, 0.25) is 0 Å². The molecule has 0 aromatic heterocycles. The maximum atomic E-state index is 11.0. The molecule has 96 valence electrons. The van der Waals surface area contributed by atoms with Gasteiger partial charge in [0, 0.05) is 13.3 Å². The molecule has 0 heterocycles. The third kappa shape index (κ3) is 16.1. The third-order valence-corrected chi connectivity index (χ3v) is 2.49. The van der Waals surface area contributed by atoms with Gasteiger partial charge in [-0.15, -0.1) is 0 Å². The number of carbonyl (C=O) groups excluding carboxylic acids is 2. The zero-order valence-electron chi connectivity index (χ0n) is 12.6. The van der Waals surface area contributed by atoms with E-state index in [-0.39, 0.29) is 31.0 Å². The zero-order chi connectivity index (χ0) is 12.2. The summed E-state index contributed by atoms with van der Waals surface area (Å²) in [5.74, 6) is -0.900. The standard InChI is InChI=1S/C13H24O3.Na.H/c1-3-4-5-6-7-8-9-10-11-13(15)16-12(2)14;;/h3-11H2,1-2H3;;/q;+1;-1. The van der Waals surface area contributed by atoms with E-state index in [1.807, 2.05) is 0 Å². The second-order valence-electron chi connectivity index (χ2n) is 4.19. The summed E-state index contributed by atoms with van der Waals surface area (Å²) in [4.78, 5) is 21.4. The van der Waals surface area contributed by atoms with E-state index in [1.165, 1.54) is 45.4 Å². The smallest absolute Gasteiger partial charge is 1.00 e. The maximum absolute atomic E-state index is 11.0. The van der Waals surface area contributed by atoms with Crippen LogP contribution in [-0.2, 0) is 14.3 Å². The van der Waals surface area contributed by atoms with Gasteiger partial charge in [0.1, 0.15) is 0 Å². The monoisotopic (exact) mass is 252 g/mol. The van der Waals surface area contributed by atoms with Gasteiger partial charge in [-0.05, 0) is 6.42 Å². The first-order valence-corrected chi connectivity index (χ1v) is 6.38. The van der Waals surface area contributed by atoms with Gasteiger partial charge in [0.25, 0.3) is 0 Å². The zero-order valence-corrected chi connectivity index (χ0v) is 13.6. The van der Waals surface area contributed by atoms with Crippen LogP contribution in [0, 0.1) is 0 Å². The van der Waals surface area contributed by atoms with Gasteiger partial charge in [-0.3, -0.25) is 9.59 Å². The summed E-state index contributed by atoms with van der Waals surface area (Å²) in [6, 6.07) is 0. The van der Waals surface area contributed by atoms with Gasteiger partial charge < -0.3 is 6.16 Å². The van der Waals surface area contributed by atoms with Gasteiger partial charge in [-0.2, -0.15) is 0 Å². The summed E-state index contributed by atoms with van der Waals surface area (Å²) in [6.07, 6.45) is 9.91. The van der Waals surface area contributed by atoms with Crippen molar-refractivity contribution in [3.05, 3.63) is 0 Å². The van der Waals surface area contributed by atoms with Crippen molar-refractivity contribution >= 4 is 11.9 Å². The average Bonchev–Trinajstić information content (AvgIpc) is 2.21. The first-order chi connectivity index (χ1) is 7.66. The Morgan fingerprint density at radius 2 is 1.41 bits per heavy atom. The molecule has 0 saturated carbocycles. The Balaban J connectivity index is -0.00000112. The molecule has 0 atom stereocenters. The number of esters is 2. The molecule has 17 heavy (non-hydrogen) atoms. The summed E-state index contributed by atoms with van der Waals surface area (Å²) in [7, 11) is 0. The molecule has 0 aliphatic carbocycles. The fourth-order valence-corrected chi connectivity index (χ4v) is 1.61. The second kappa shape index (κ2) is 14.2. The molecule has 0 spiro atoms. The van der Waals surface area contributed by atoms with Gasteiger partial charge >= 0.3 is 41.5 Å². The van der Waals surface area contributed by atoms with E-state index in [0.29, 0.717) is 6.42 Å². The van der Waals surface area contributed by atoms with E-state index < -0.39 is 11.9 Å². The Kier molecular flexibility index (Phi) is 16.3. The third-order valence-electron chi connectivity index (χ3n) is 2.49. The normalized spacial score (nSPS) is 9.53. The molecular weight excluding hydrogens is 227 g/mol. The van der Waals surface area contributed by atoms with Crippen LogP contribution in [0.5, 0.6) is 0 Å². The van der Waals surface area contributed by atoms with Crippen LogP contribution in [0.15, 0.2) is 0 Å². The molecule has 0 fully saturated rings. The molecule has 0 amide bonds. The Labute approximate surface area is 128 Å². The Bertz CT molecular complexity index is 210. The Hall–Kier alpha value is 0.140. The minimum Gasteiger partial charge on any atom is -1.00 e. The SMILES string of the molecule is CCCCCCCCCCC(=O)OC(C)=O.[H-].[Na+]. The Morgan fingerprint density at radius 1 is 0.941 bits per heavy atom. The quantitative estimate of drug-likeness (QED) is 0.263. The Morgan fingerprint density at radius 3 is 1.88 bits per heavy atom. The van der Waals surface area contributed by atoms with Crippen molar-refractivity contribution in [1.29, 1.82) is 0 Å². The van der Waals surface area contributed by atoms with Crippen LogP contribution in [0.25, 0.3) is 0 Å². The van der Waals surface area contributed by atoms with E-state index in [0.717, 1.165) is 12.8 Å². The van der Waals surface area contributed by atoms with Crippen LogP contribution in [-0.4, -0.2) is 11.9 Å². The molecule has 4 heteroatoms. The summed E-state index contributed by atoms with van der Waals surface area (Å²) in [5, 5.41) is 0. The van der Waals surface area contributed by atoms with Crippen molar-refractivity contribution < 1.29 is 45.3 Å². The van der Waals surface area contributed by atoms with E-state index in [1.54, 1.807) is 0 Å². The van der Waals surface area contributed by atoms with Crippen LogP contribution in [0.3, 0.4) is 0 Å². The van der Waals surface area contributed by atoms with Gasteiger partial charge in [0.15, 0.2) is 0 Å². The van der Waals surface area contributed by atoms with E-state index in [4.69, 9.17) is 0 Å². The van der Waals surface area contributed by atoms with Gasteiger partial charge in [0.2, 0.25) is 0 Å². The molecule has 0 aromatic carbocycles. The van der Waals surface area contributed by atoms with Crippen molar-refractivity contribution in [2.75, 3.05) is 0 Å². The summed E-state index contributed by atoms with van der Waals surface area (Å²) < 4.78 is 4.43. The van der Waals surface area contributed by atoms with Crippen molar-refractivity contribution in [1.82, 2.24) is 0 Å². The van der Waals surface area contributed by atoms with Gasteiger partial charge in [0.05, 0.1) is 0 Å². The molecule has 0 aliphatic heterocycles. The maximum Gasteiger partial charge on any atom is 1.00 e. The molecule has 0 saturated heterocycles. The largest absolute Gasteiger partial charge is 1.00 e. The second-order valence-corrected chi connectivity index (χ2v) is 4.19. The number of hydrogen-bond donors (Lipinski definition) is 0. The minimum atomic E-state index is -0.510. The molecule has 0 aliphatic rings. The number of ether oxygens (including phenoxy) is 1. The first kappa shape index (κ1) is 19.5. The summed E-state index contributed by atoms with van der Waals surface area (Å²) in [6.45, 7) is 3.46. The van der Waals surface area contributed by atoms with Gasteiger partial charge in [-0.25, -0.2) is 0 Å². The predicted octanol–water partition coefficient (Wildman–Crippen LogP) is 0.723. The van der Waals surface area contributed by atoms with Crippen LogP contribution in [0.4, 0.5) is 0 Å². The van der Waals surface area contributed by atoms with Crippen molar-refractivity contribution in [2.24, 2.45) is 0 Å². The number of carbonyl (C=O) groups is 2. The number of hydrogen-bond acceptors (Lipinski definition) is 3. The fraction of sp³-hybridized carbons (Fsp3) is 0.846. The predicted molar refractivity (Wildman–Crippen MR) is 65.1 cm³/mol. The number of unbranched alkanes of at least 4 members (excludes halogenated alkanes) is 7. The van der Waals surface area contributed by atoms with Crippen molar-refractivity contribution in [3.63, 3.8) is 0 Å². The molecule has 3 nitrogen and oxygen atoms in total. The summed E-state index contributed by atoms with van der Waals surface area (Å²) >= 11 is 0. The molecule has 0 bridgehead atoms. The molecule has 0 N–H and O–H groups in total. The molecule has 0 aromatic rings. The average molecular weight is 252 g/mol. The van der Waals surface area contributed by atoms with Crippen LogP contribution >= 0.6 is 0 Å². The number of rotatable bonds is 9. The first-order valence-electron chi connectivity index (χ1n) is 6.38. The van der Waals surface area contributed by atoms with Crippen LogP contribution < -0.4 is 29.6 Å². The molecular formula is C13H25NaO3. The topological polar surface area (TPSA) is 43.4 Å². The van der Waals surface area contributed by atoms with E-state index >= 15 is 0 Å². The van der Waals surface area contributed by atoms with Crippen molar-refractivity contribution in [3.8, 4) is 0 Å². The fourth-order valence-electron chi connectivity index (χ4n) is 1.61. The minimum absolute atomic E-state index is 0. The summed E-state index contributed by atoms with van der Waals surface area (Å²) in [5.41, 5.74) is 0. The molecule has 0 rings (SSSR count). The molecule has 0 radical (unpaired) electrons. The van der Waals surface area contributed by atoms with E-state index in [2.05, 4.69) is 11.7 Å². The van der Waals surface area contributed by atoms with Gasteiger partial charge in [-0.1, -0.05) is 51.9 Å².